The molecule has 1 amide bonds. The maximum atomic E-state index is 11.5. The Kier molecular flexibility index (Phi) is 6.08. The zero-order chi connectivity index (χ0) is 15.3. The molecule has 0 saturated carbocycles. The van der Waals surface area contributed by atoms with Gasteiger partial charge in [-0.05, 0) is 0 Å². The van der Waals surface area contributed by atoms with Crippen molar-refractivity contribution in [3.05, 3.63) is 12.2 Å². The van der Waals surface area contributed by atoms with Crippen molar-refractivity contribution in [2.24, 2.45) is 5.92 Å². The minimum absolute atomic E-state index is 0.280. The number of aliphatic hydroxyl groups excluding tert-OH is 2. The first kappa shape index (κ1) is 16.6. The van der Waals surface area contributed by atoms with E-state index in [4.69, 9.17) is 19.7 Å². The topological polar surface area (TPSA) is 125 Å². The molecule has 0 radical (unpaired) electrons. The highest BCUT2D eigenvalue weighted by molar-refractivity contribution is 5.94. The maximum absolute atomic E-state index is 11.5. The van der Waals surface area contributed by atoms with Crippen LogP contribution in [0, 0.1) is 5.92 Å². The molecule has 1 rings (SSSR count). The van der Waals surface area contributed by atoms with Gasteiger partial charge in [0, 0.05) is 25.2 Å². The highest BCUT2D eigenvalue weighted by Gasteiger charge is 2.43. The summed E-state index contributed by atoms with van der Waals surface area (Å²) in [6, 6.07) is -0.858. The zero-order valence-corrected chi connectivity index (χ0v) is 11.2. The number of nitrogens with one attached hydrogen (secondary N) is 1. The largest absolute Gasteiger partial charge is 0.478 e. The van der Waals surface area contributed by atoms with Crippen LogP contribution in [0.2, 0.25) is 0 Å². The number of carboxylic acid groups (broad SMARTS) is 1. The van der Waals surface area contributed by atoms with Crippen molar-refractivity contribution >= 4 is 11.9 Å². The monoisotopic (exact) mass is 289 g/mol. The fourth-order valence-electron chi connectivity index (χ4n) is 2.01. The van der Waals surface area contributed by atoms with Crippen LogP contribution in [0.15, 0.2) is 12.2 Å². The SMILES string of the molecule is CO[C@@H]1OC(CO)[C@H](C)[C@H](O)C1NC(=O)/C=C\C(=O)O. The molecule has 0 aromatic carbocycles. The van der Waals surface area contributed by atoms with Crippen molar-refractivity contribution in [3.8, 4) is 0 Å². The van der Waals surface area contributed by atoms with Crippen molar-refractivity contribution in [1.82, 2.24) is 5.32 Å². The van der Waals surface area contributed by atoms with Gasteiger partial charge in [-0.2, -0.15) is 0 Å². The Balaban J connectivity index is 2.75. The summed E-state index contributed by atoms with van der Waals surface area (Å²) in [7, 11) is 1.34. The van der Waals surface area contributed by atoms with Crippen molar-refractivity contribution in [1.29, 1.82) is 0 Å². The molecular formula is C12H19NO7. The number of amides is 1. The van der Waals surface area contributed by atoms with Crippen molar-refractivity contribution in [3.63, 3.8) is 0 Å². The van der Waals surface area contributed by atoms with Gasteiger partial charge in [-0.1, -0.05) is 6.92 Å². The average Bonchev–Trinajstić information content (AvgIpc) is 2.42. The van der Waals surface area contributed by atoms with E-state index >= 15 is 0 Å². The van der Waals surface area contributed by atoms with Crippen molar-refractivity contribution in [2.45, 2.75) is 31.5 Å². The zero-order valence-electron chi connectivity index (χ0n) is 11.2. The highest BCUT2D eigenvalue weighted by Crippen LogP contribution is 2.26. The molecule has 0 spiro atoms. The smallest absolute Gasteiger partial charge is 0.328 e. The highest BCUT2D eigenvalue weighted by atomic mass is 16.7. The molecule has 0 aromatic heterocycles. The van der Waals surface area contributed by atoms with E-state index in [1.54, 1.807) is 6.92 Å². The molecule has 0 bridgehead atoms. The van der Waals surface area contributed by atoms with Crippen LogP contribution in [0.5, 0.6) is 0 Å². The predicted octanol–water partition coefficient (Wildman–Crippen LogP) is -1.53. The third kappa shape index (κ3) is 4.01. The second-order valence-electron chi connectivity index (χ2n) is 4.52. The number of hydrogen-bond acceptors (Lipinski definition) is 6. The molecule has 114 valence electrons. The lowest BCUT2D eigenvalue weighted by Crippen LogP contribution is -2.61. The molecule has 8 nitrogen and oxygen atoms in total. The molecule has 1 saturated heterocycles. The molecule has 8 heteroatoms. The summed E-state index contributed by atoms with van der Waals surface area (Å²) in [6.45, 7) is 1.39. The number of hydrogen-bond donors (Lipinski definition) is 4. The average molecular weight is 289 g/mol. The predicted molar refractivity (Wildman–Crippen MR) is 66.6 cm³/mol. The Morgan fingerprint density at radius 1 is 1.40 bits per heavy atom. The van der Waals surface area contributed by atoms with Gasteiger partial charge >= 0.3 is 5.97 Å². The van der Waals surface area contributed by atoms with E-state index in [-0.39, 0.29) is 6.61 Å². The number of methoxy groups -OCH3 is 1. The van der Waals surface area contributed by atoms with Crippen molar-refractivity contribution in [2.75, 3.05) is 13.7 Å². The molecule has 1 fully saturated rings. The summed E-state index contributed by atoms with van der Waals surface area (Å²) in [6.07, 6.45) is -0.996. The van der Waals surface area contributed by atoms with Gasteiger partial charge in [-0.25, -0.2) is 4.79 Å². The Hall–Kier alpha value is -1.48. The molecule has 2 unspecified atom stereocenters. The molecule has 0 aliphatic carbocycles. The van der Waals surface area contributed by atoms with Gasteiger partial charge in [0.15, 0.2) is 6.29 Å². The van der Waals surface area contributed by atoms with Crippen LogP contribution in [-0.4, -0.2) is 65.5 Å². The number of carbonyl (C=O) groups is 2. The Labute approximate surface area is 116 Å². The first-order valence-corrected chi connectivity index (χ1v) is 6.09. The van der Waals surface area contributed by atoms with E-state index in [2.05, 4.69) is 5.32 Å². The second-order valence-corrected chi connectivity index (χ2v) is 4.52. The first-order chi connectivity index (χ1) is 9.40. The van der Waals surface area contributed by atoms with Crippen LogP contribution in [0.25, 0.3) is 0 Å². The Morgan fingerprint density at radius 2 is 2.05 bits per heavy atom. The number of rotatable bonds is 5. The minimum Gasteiger partial charge on any atom is -0.478 e. The lowest BCUT2D eigenvalue weighted by molar-refractivity contribution is -0.245. The van der Waals surface area contributed by atoms with Gasteiger partial charge in [0.05, 0.1) is 18.8 Å². The summed E-state index contributed by atoms with van der Waals surface area (Å²) in [5.74, 6) is -2.35. The van der Waals surface area contributed by atoms with E-state index in [1.165, 1.54) is 7.11 Å². The van der Waals surface area contributed by atoms with Crippen LogP contribution >= 0.6 is 0 Å². The summed E-state index contributed by atoms with van der Waals surface area (Å²) < 4.78 is 10.5. The van der Waals surface area contributed by atoms with Crippen LogP contribution in [0.3, 0.4) is 0 Å². The van der Waals surface area contributed by atoms with Crippen LogP contribution in [-0.2, 0) is 19.1 Å². The molecular weight excluding hydrogens is 270 g/mol. The maximum Gasteiger partial charge on any atom is 0.328 e. The minimum atomic E-state index is -1.25. The summed E-state index contributed by atoms with van der Waals surface area (Å²) in [5.41, 5.74) is 0. The number of aliphatic hydroxyl groups is 2. The van der Waals surface area contributed by atoms with Crippen molar-refractivity contribution < 1.29 is 34.4 Å². The normalized spacial score (nSPS) is 34.1. The molecule has 4 N–H and O–H groups in total. The third-order valence-corrected chi connectivity index (χ3v) is 3.19. The Bertz CT molecular complexity index is 382. The summed E-state index contributed by atoms with van der Waals surface area (Å²) in [4.78, 5) is 21.9. The van der Waals surface area contributed by atoms with Gasteiger partial charge in [0.25, 0.3) is 0 Å². The van der Waals surface area contributed by atoms with E-state index in [0.29, 0.717) is 6.08 Å². The number of carbonyl (C=O) groups excluding carboxylic acids is 1. The molecule has 20 heavy (non-hydrogen) atoms. The van der Waals surface area contributed by atoms with E-state index < -0.39 is 42.3 Å². The second kappa shape index (κ2) is 7.34. The lowest BCUT2D eigenvalue weighted by Gasteiger charge is -2.42. The van der Waals surface area contributed by atoms with E-state index in [0.717, 1.165) is 6.08 Å². The van der Waals surface area contributed by atoms with E-state index in [9.17, 15) is 14.7 Å². The van der Waals surface area contributed by atoms with Gasteiger partial charge in [0.2, 0.25) is 5.91 Å². The molecule has 0 aromatic rings. The van der Waals surface area contributed by atoms with Crippen LogP contribution in [0.4, 0.5) is 0 Å². The van der Waals surface area contributed by atoms with Gasteiger partial charge < -0.3 is 30.1 Å². The third-order valence-electron chi connectivity index (χ3n) is 3.19. The van der Waals surface area contributed by atoms with E-state index in [1.807, 2.05) is 0 Å². The Morgan fingerprint density at radius 3 is 2.55 bits per heavy atom. The number of ether oxygens (including phenoxy) is 2. The summed E-state index contributed by atoms with van der Waals surface area (Å²) >= 11 is 0. The van der Waals surface area contributed by atoms with Gasteiger partial charge in [0.1, 0.15) is 6.04 Å². The van der Waals surface area contributed by atoms with Crippen LogP contribution in [0.1, 0.15) is 6.92 Å². The molecule has 1 aliphatic heterocycles. The standard InChI is InChI=1S/C12H19NO7/c1-6-7(5-14)20-12(19-2)10(11(6)18)13-8(15)3-4-9(16)17/h3-4,6-7,10-12,14,18H,5H2,1-2H3,(H,13,15)(H,16,17)/b4-3-/t6-,7?,10?,11-,12+/m0/s1. The number of aliphatic carboxylic acids is 1. The fourth-order valence-corrected chi connectivity index (χ4v) is 2.01. The molecule has 1 aliphatic rings. The van der Waals surface area contributed by atoms with Gasteiger partial charge in [-0.15, -0.1) is 0 Å². The molecule has 5 atom stereocenters. The fraction of sp³-hybridized carbons (Fsp3) is 0.667. The lowest BCUT2D eigenvalue weighted by atomic mass is 9.89. The van der Waals surface area contributed by atoms with Crippen LogP contribution < -0.4 is 5.32 Å². The number of carboxylic acids is 1. The molecule has 1 heterocycles. The first-order valence-electron chi connectivity index (χ1n) is 6.09. The van der Waals surface area contributed by atoms with Gasteiger partial charge in [-0.3, -0.25) is 4.79 Å². The quantitative estimate of drug-likeness (QED) is 0.452. The summed E-state index contributed by atoms with van der Waals surface area (Å²) in [5, 5.41) is 30.2.